The Balaban J connectivity index is 1.35. The molecule has 12 heteroatoms. The monoisotopic (exact) mass is 617 g/mol. The molecule has 0 radical (unpaired) electrons. The molecule has 0 aliphatic carbocycles. The normalized spacial score (nSPS) is 23.4. The lowest BCUT2D eigenvalue weighted by Gasteiger charge is -2.31. The van der Waals surface area contributed by atoms with Crippen molar-refractivity contribution in [2.24, 2.45) is 0 Å². The van der Waals surface area contributed by atoms with Crippen LogP contribution in [-0.4, -0.2) is 82.4 Å². The molecule has 6 heterocycles. The van der Waals surface area contributed by atoms with Gasteiger partial charge in [0, 0.05) is 55.8 Å². The van der Waals surface area contributed by atoms with Crippen LogP contribution < -0.4 is 20.5 Å². The molecule has 234 valence electrons. The minimum absolute atomic E-state index is 0.0355. The van der Waals surface area contributed by atoms with E-state index in [1.807, 2.05) is 11.9 Å². The van der Waals surface area contributed by atoms with E-state index in [1.165, 1.54) is 12.3 Å². The van der Waals surface area contributed by atoms with E-state index in [2.05, 4.69) is 31.1 Å². The number of benzene rings is 1. The van der Waals surface area contributed by atoms with Crippen molar-refractivity contribution in [2.75, 3.05) is 44.7 Å². The van der Waals surface area contributed by atoms with Gasteiger partial charge in [0.1, 0.15) is 35.6 Å². The number of nitrogens with zero attached hydrogens (tertiary/aromatic N) is 5. The molecule has 3 fully saturated rings. The first kappa shape index (κ1) is 29.5. The van der Waals surface area contributed by atoms with Crippen molar-refractivity contribution in [3.8, 4) is 29.6 Å². The summed E-state index contributed by atoms with van der Waals surface area (Å²) < 4.78 is 52.1. The summed E-state index contributed by atoms with van der Waals surface area (Å²) in [5.41, 5.74) is -1.06. The van der Waals surface area contributed by atoms with Crippen molar-refractivity contribution in [3.63, 3.8) is 0 Å². The average Bonchev–Trinajstić information content (AvgIpc) is 3.56. The largest absolute Gasteiger partial charge is 0.461 e. The molecular weight excluding hydrogens is 583 g/mol. The van der Waals surface area contributed by atoms with E-state index < -0.39 is 28.9 Å². The second kappa shape index (κ2) is 11.6. The number of pyridine rings is 2. The van der Waals surface area contributed by atoms with Gasteiger partial charge in [-0.25, -0.2) is 13.2 Å². The van der Waals surface area contributed by atoms with Crippen LogP contribution in [-0.2, 0) is 0 Å². The van der Waals surface area contributed by atoms with Gasteiger partial charge in [-0.1, -0.05) is 12.3 Å². The number of alkyl halides is 1. The number of hydrogen-bond donors (Lipinski definition) is 2. The van der Waals surface area contributed by atoms with Crippen molar-refractivity contribution in [1.29, 1.82) is 0 Å². The lowest BCUT2D eigenvalue weighted by Crippen LogP contribution is -2.44. The predicted octanol–water partition coefficient (Wildman–Crippen LogP) is 4.33. The van der Waals surface area contributed by atoms with E-state index in [0.717, 1.165) is 57.3 Å². The molecule has 3 aliphatic rings. The Morgan fingerprint density at radius 3 is 2.91 bits per heavy atom. The summed E-state index contributed by atoms with van der Waals surface area (Å²) in [6.07, 6.45) is 11.5. The van der Waals surface area contributed by atoms with Gasteiger partial charge in [-0.15, -0.1) is 6.42 Å². The highest BCUT2D eigenvalue weighted by Crippen LogP contribution is 2.41. The first-order valence-corrected chi connectivity index (χ1v) is 15.4. The Kier molecular flexibility index (Phi) is 7.61. The Labute approximate surface area is 258 Å². The molecule has 3 saturated heterocycles. The van der Waals surface area contributed by atoms with Gasteiger partial charge in [-0.3, -0.25) is 14.7 Å². The number of likely N-dealkylation sites (N-methyl/N-ethyl adjacent to an activating group) is 1. The van der Waals surface area contributed by atoms with Crippen LogP contribution in [0.3, 0.4) is 0 Å². The van der Waals surface area contributed by atoms with Crippen molar-refractivity contribution < 1.29 is 17.9 Å². The SMILES string of the molecule is C#Cc1c(F)ccc2[nH]c(=O)cc(-c3ncc4c(N(C)C[C@@H]5CCCCN5)nc(OC[C@@]56CCCN5C[C@H](F)C6)nc4c3F)c12. The highest BCUT2D eigenvalue weighted by molar-refractivity contribution is 6.00. The van der Waals surface area contributed by atoms with Gasteiger partial charge < -0.3 is 19.9 Å². The molecule has 0 spiro atoms. The summed E-state index contributed by atoms with van der Waals surface area (Å²) in [5.74, 6) is 1.25. The van der Waals surface area contributed by atoms with Gasteiger partial charge in [-0.2, -0.15) is 9.97 Å². The van der Waals surface area contributed by atoms with E-state index in [-0.39, 0.29) is 51.9 Å². The molecular formula is C33H34F3N7O2. The summed E-state index contributed by atoms with van der Waals surface area (Å²) in [4.78, 5) is 32.9. The third kappa shape index (κ3) is 5.27. The molecule has 0 bridgehead atoms. The summed E-state index contributed by atoms with van der Waals surface area (Å²) in [5, 5.41) is 4.04. The fraction of sp³-hybridized carbons (Fsp3) is 0.455. The molecule has 7 rings (SSSR count). The van der Waals surface area contributed by atoms with Crippen LogP contribution in [0.25, 0.3) is 33.1 Å². The quantitative estimate of drug-likeness (QED) is 0.296. The molecule has 0 saturated carbocycles. The number of piperidine rings is 1. The maximum absolute atomic E-state index is 16.7. The average molecular weight is 618 g/mol. The summed E-state index contributed by atoms with van der Waals surface area (Å²) in [7, 11) is 1.88. The fourth-order valence-corrected chi connectivity index (χ4v) is 7.37. The first-order valence-electron chi connectivity index (χ1n) is 15.4. The molecule has 45 heavy (non-hydrogen) atoms. The van der Waals surface area contributed by atoms with E-state index in [9.17, 15) is 13.6 Å². The molecule has 0 unspecified atom stereocenters. The maximum atomic E-state index is 16.7. The molecule has 3 atom stereocenters. The number of aromatic amines is 1. The number of aromatic nitrogens is 4. The van der Waals surface area contributed by atoms with Crippen LogP contribution in [0.4, 0.5) is 19.0 Å². The minimum Gasteiger partial charge on any atom is -0.461 e. The molecule has 3 aromatic heterocycles. The fourth-order valence-electron chi connectivity index (χ4n) is 7.37. The summed E-state index contributed by atoms with van der Waals surface area (Å²) in [6.45, 7) is 2.89. The van der Waals surface area contributed by atoms with Crippen LogP contribution in [0.2, 0.25) is 0 Å². The van der Waals surface area contributed by atoms with Crippen molar-refractivity contribution >= 4 is 27.6 Å². The lowest BCUT2D eigenvalue weighted by molar-refractivity contribution is 0.107. The highest BCUT2D eigenvalue weighted by Gasteiger charge is 2.49. The van der Waals surface area contributed by atoms with Crippen molar-refractivity contribution in [2.45, 2.75) is 56.3 Å². The van der Waals surface area contributed by atoms with E-state index in [0.29, 0.717) is 30.7 Å². The van der Waals surface area contributed by atoms with Crippen molar-refractivity contribution in [3.05, 3.63) is 51.9 Å². The van der Waals surface area contributed by atoms with Crippen LogP contribution in [0.5, 0.6) is 6.01 Å². The molecule has 4 aromatic rings. The lowest BCUT2D eigenvalue weighted by atomic mass is 9.95. The smallest absolute Gasteiger partial charge is 0.319 e. The minimum atomic E-state index is -0.927. The highest BCUT2D eigenvalue weighted by atomic mass is 19.1. The van der Waals surface area contributed by atoms with Gasteiger partial charge in [0.25, 0.3) is 0 Å². The summed E-state index contributed by atoms with van der Waals surface area (Å²) in [6, 6.07) is 3.88. The van der Waals surface area contributed by atoms with Gasteiger partial charge in [0.05, 0.1) is 22.0 Å². The number of terminal acetylenes is 1. The topological polar surface area (TPSA) is 99.3 Å². The molecule has 3 aliphatic heterocycles. The van der Waals surface area contributed by atoms with Crippen LogP contribution in [0, 0.1) is 24.0 Å². The predicted molar refractivity (Wildman–Crippen MR) is 166 cm³/mol. The van der Waals surface area contributed by atoms with Gasteiger partial charge >= 0.3 is 6.01 Å². The zero-order valence-electron chi connectivity index (χ0n) is 25.0. The number of ether oxygens (including phenoxy) is 1. The maximum Gasteiger partial charge on any atom is 0.319 e. The zero-order chi connectivity index (χ0) is 31.3. The third-order valence-corrected chi connectivity index (χ3v) is 9.50. The Morgan fingerprint density at radius 2 is 2.11 bits per heavy atom. The number of hydrogen-bond acceptors (Lipinski definition) is 8. The van der Waals surface area contributed by atoms with Crippen LogP contribution >= 0.6 is 0 Å². The Morgan fingerprint density at radius 1 is 1.24 bits per heavy atom. The second-order valence-corrected chi connectivity index (χ2v) is 12.4. The van der Waals surface area contributed by atoms with Crippen molar-refractivity contribution in [1.82, 2.24) is 30.2 Å². The van der Waals surface area contributed by atoms with Gasteiger partial charge in [-0.05, 0) is 50.9 Å². The first-order chi connectivity index (χ1) is 21.8. The van der Waals surface area contributed by atoms with E-state index in [4.69, 9.17) is 16.1 Å². The molecule has 0 amide bonds. The van der Waals surface area contributed by atoms with Crippen LogP contribution in [0.1, 0.15) is 44.1 Å². The number of H-pyrrole nitrogens is 1. The number of anilines is 1. The number of halogens is 3. The zero-order valence-corrected chi connectivity index (χ0v) is 25.0. The molecule has 1 aromatic carbocycles. The van der Waals surface area contributed by atoms with Crippen LogP contribution in [0.15, 0.2) is 29.2 Å². The standard InChI is InChI=1S/C33H34F3N7O2/c1-3-21-24(35)8-9-25-27(21)22(13-26(44)39-25)29-28(36)30-23(15-38-29)31(42(2)17-20-7-4-5-11-37-20)41-32(40-30)45-18-33-10-6-12-43(33)16-19(34)14-33/h1,8-9,13,15,19-20,37H,4-7,10-12,14,16-18H2,2H3,(H,39,44)/t19-,20+,33+/m1/s1. The summed E-state index contributed by atoms with van der Waals surface area (Å²) >= 11 is 0. The molecule has 2 N–H and O–H groups in total. The number of fused-ring (bicyclic) bond motifs is 3. The third-order valence-electron chi connectivity index (χ3n) is 9.50. The van der Waals surface area contributed by atoms with E-state index >= 15 is 4.39 Å². The molecule has 9 nitrogen and oxygen atoms in total. The number of rotatable bonds is 7. The van der Waals surface area contributed by atoms with Gasteiger partial charge in [0.15, 0.2) is 5.82 Å². The Bertz CT molecular complexity index is 1890. The second-order valence-electron chi connectivity index (χ2n) is 12.4. The van der Waals surface area contributed by atoms with Gasteiger partial charge in [0.2, 0.25) is 5.56 Å². The Hall–Kier alpha value is -4.21. The number of nitrogens with one attached hydrogen (secondary N) is 2. The van der Waals surface area contributed by atoms with E-state index in [1.54, 1.807) is 0 Å².